The predicted molar refractivity (Wildman–Crippen MR) is 95.1 cm³/mol. The summed E-state index contributed by atoms with van der Waals surface area (Å²) in [6, 6.07) is 17.2. The maximum Gasteiger partial charge on any atom is 0.232 e. The SMILES string of the molecule is O=C1[C@H]2CN(Cc3ccccc3)C[C@H]2c2cccc3c2N1CCC3. The van der Waals surface area contributed by atoms with Crippen LogP contribution in [-0.2, 0) is 17.8 Å². The first-order chi connectivity index (χ1) is 11.8. The van der Waals surface area contributed by atoms with Crippen molar-refractivity contribution in [1.29, 1.82) is 0 Å². The number of likely N-dealkylation sites (tertiary alicyclic amines) is 1. The highest BCUT2D eigenvalue weighted by Gasteiger charge is 2.46. The fraction of sp³-hybridized carbons (Fsp3) is 0.381. The van der Waals surface area contributed by atoms with Gasteiger partial charge in [0.1, 0.15) is 0 Å². The minimum Gasteiger partial charge on any atom is -0.312 e. The molecule has 2 aromatic carbocycles. The van der Waals surface area contributed by atoms with Crippen LogP contribution in [0, 0.1) is 5.92 Å². The van der Waals surface area contributed by atoms with Crippen LogP contribution in [-0.4, -0.2) is 30.4 Å². The Hall–Kier alpha value is -2.13. The molecule has 0 unspecified atom stereocenters. The Balaban J connectivity index is 1.48. The van der Waals surface area contributed by atoms with Gasteiger partial charge in [0.15, 0.2) is 0 Å². The van der Waals surface area contributed by atoms with Crippen molar-refractivity contribution >= 4 is 11.6 Å². The number of amides is 1. The van der Waals surface area contributed by atoms with E-state index in [4.69, 9.17) is 0 Å². The summed E-state index contributed by atoms with van der Waals surface area (Å²) >= 11 is 0. The van der Waals surface area contributed by atoms with Gasteiger partial charge in [-0.25, -0.2) is 0 Å². The van der Waals surface area contributed by atoms with Crippen molar-refractivity contribution in [1.82, 2.24) is 4.90 Å². The number of nitrogens with zero attached hydrogens (tertiary/aromatic N) is 2. The third kappa shape index (κ3) is 2.11. The van der Waals surface area contributed by atoms with Crippen LogP contribution >= 0.6 is 0 Å². The van der Waals surface area contributed by atoms with Crippen LogP contribution < -0.4 is 4.90 Å². The van der Waals surface area contributed by atoms with Crippen LogP contribution in [0.3, 0.4) is 0 Å². The lowest BCUT2D eigenvalue weighted by Crippen LogP contribution is -2.45. The van der Waals surface area contributed by atoms with Gasteiger partial charge in [-0.15, -0.1) is 0 Å². The van der Waals surface area contributed by atoms with Crippen LogP contribution in [0.4, 0.5) is 5.69 Å². The van der Waals surface area contributed by atoms with E-state index in [1.807, 2.05) is 0 Å². The molecule has 1 fully saturated rings. The summed E-state index contributed by atoms with van der Waals surface area (Å²) in [6.45, 7) is 3.72. The molecule has 3 aliphatic rings. The van der Waals surface area contributed by atoms with E-state index >= 15 is 0 Å². The maximum atomic E-state index is 13.1. The number of rotatable bonds is 2. The van der Waals surface area contributed by atoms with Crippen molar-refractivity contribution in [2.45, 2.75) is 25.3 Å². The number of hydrogen-bond donors (Lipinski definition) is 0. The Morgan fingerprint density at radius 1 is 0.958 bits per heavy atom. The van der Waals surface area contributed by atoms with Crippen molar-refractivity contribution in [3.8, 4) is 0 Å². The van der Waals surface area contributed by atoms with E-state index in [9.17, 15) is 4.79 Å². The molecule has 1 saturated heterocycles. The number of aryl methyl sites for hydroxylation is 1. The molecule has 3 heterocycles. The Bertz CT molecular complexity index is 786. The van der Waals surface area contributed by atoms with Gasteiger partial charge in [-0.05, 0) is 29.5 Å². The molecule has 0 aliphatic carbocycles. The first-order valence-electron chi connectivity index (χ1n) is 9.01. The molecule has 24 heavy (non-hydrogen) atoms. The van der Waals surface area contributed by atoms with E-state index in [-0.39, 0.29) is 5.92 Å². The van der Waals surface area contributed by atoms with E-state index < -0.39 is 0 Å². The van der Waals surface area contributed by atoms with Crippen molar-refractivity contribution in [2.24, 2.45) is 5.92 Å². The Labute approximate surface area is 142 Å². The number of anilines is 1. The highest BCUT2D eigenvalue weighted by molar-refractivity contribution is 6.00. The van der Waals surface area contributed by atoms with Crippen molar-refractivity contribution in [3.05, 3.63) is 65.2 Å². The van der Waals surface area contributed by atoms with E-state index in [0.29, 0.717) is 11.8 Å². The largest absolute Gasteiger partial charge is 0.312 e. The lowest BCUT2D eigenvalue weighted by Gasteiger charge is -2.40. The lowest BCUT2D eigenvalue weighted by molar-refractivity contribution is -0.123. The Morgan fingerprint density at radius 3 is 2.67 bits per heavy atom. The molecule has 5 rings (SSSR count). The van der Waals surface area contributed by atoms with Gasteiger partial charge in [0.2, 0.25) is 5.91 Å². The summed E-state index contributed by atoms with van der Waals surface area (Å²) in [5, 5.41) is 0. The first-order valence-corrected chi connectivity index (χ1v) is 9.01. The molecule has 0 saturated carbocycles. The summed E-state index contributed by atoms with van der Waals surface area (Å²) in [4.78, 5) is 17.6. The van der Waals surface area contributed by atoms with Gasteiger partial charge < -0.3 is 4.90 Å². The molecule has 3 heteroatoms. The number of benzene rings is 2. The number of fused-ring (bicyclic) bond motifs is 2. The average molecular weight is 318 g/mol. The second-order valence-corrected chi connectivity index (χ2v) is 7.34. The first kappa shape index (κ1) is 14.2. The molecular weight excluding hydrogens is 296 g/mol. The molecule has 1 amide bonds. The van der Waals surface area contributed by atoms with Crippen LogP contribution in [0.1, 0.15) is 29.0 Å². The van der Waals surface area contributed by atoms with Gasteiger partial charge in [0, 0.05) is 32.1 Å². The summed E-state index contributed by atoms with van der Waals surface area (Å²) in [7, 11) is 0. The lowest BCUT2D eigenvalue weighted by atomic mass is 9.80. The average Bonchev–Trinajstić information content (AvgIpc) is 3.04. The van der Waals surface area contributed by atoms with E-state index in [1.54, 1.807) is 0 Å². The van der Waals surface area contributed by atoms with E-state index in [0.717, 1.165) is 39.0 Å². The maximum absolute atomic E-state index is 13.1. The van der Waals surface area contributed by atoms with Gasteiger partial charge >= 0.3 is 0 Å². The van der Waals surface area contributed by atoms with Crippen molar-refractivity contribution in [2.75, 3.05) is 24.5 Å². The Kier molecular flexibility index (Phi) is 3.23. The van der Waals surface area contributed by atoms with Crippen LogP contribution in [0.15, 0.2) is 48.5 Å². The van der Waals surface area contributed by atoms with E-state index in [2.05, 4.69) is 58.3 Å². The number of hydrogen-bond acceptors (Lipinski definition) is 2. The highest BCUT2D eigenvalue weighted by Crippen LogP contribution is 2.46. The normalized spacial score (nSPS) is 25.5. The number of carbonyl (C=O) groups is 1. The molecule has 2 aromatic rings. The standard InChI is InChI=1S/C21H22N2O/c24-21-19-14-22(12-15-6-2-1-3-7-15)13-18(19)17-10-4-8-16-9-5-11-23(21)20(16)17/h1-4,6-8,10,18-19H,5,9,11-14H2/t18-,19-/m0/s1. The summed E-state index contributed by atoms with van der Waals surface area (Å²) in [6.07, 6.45) is 2.20. The summed E-state index contributed by atoms with van der Waals surface area (Å²) < 4.78 is 0. The van der Waals surface area contributed by atoms with Gasteiger partial charge in [-0.1, -0.05) is 48.5 Å². The highest BCUT2D eigenvalue weighted by atomic mass is 16.2. The molecule has 3 aliphatic heterocycles. The Morgan fingerprint density at radius 2 is 1.79 bits per heavy atom. The third-order valence-electron chi connectivity index (χ3n) is 5.88. The zero-order valence-electron chi connectivity index (χ0n) is 13.8. The van der Waals surface area contributed by atoms with Crippen molar-refractivity contribution < 1.29 is 4.79 Å². The van der Waals surface area contributed by atoms with Gasteiger partial charge in [-0.2, -0.15) is 0 Å². The summed E-state index contributed by atoms with van der Waals surface area (Å²) in [5.74, 6) is 0.857. The summed E-state index contributed by atoms with van der Waals surface area (Å²) in [5.41, 5.74) is 5.36. The predicted octanol–water partition coefficient (Wildman–Crippen LogP) is 3.20. The third-order valence-corrected chi connectivity index (χ3v) is 5.88. The molecule has 0 N–H and O–H groups in total. The minimum atomic E-state index is 0.134. The number of carbonyl (C=O) groups excluding carboxylic acids is 1. The smallest absolute Gasteiger partial charge is 0.232 e. The number of para-hydroxylation sites is 1. The zero-order chi connectivity index (χ0) is 16.1. The minimum absolute atomic E-state index is 0.134. The second-order valence-electron chi connectivity index (χ2n) is 7.34. The molecule has 122 valence electrons. The van der Waals surface area contributed by atoms with Gasteiger partial charge in [0.25, 0.3) is 0 Å². The molecule has 2 atom stereocenters. The molecule has 3 nitrogen and oxygen atoms in total. The molecular formula is C21H22N2O. The molecule has 0 aromatic heterocycles. The van der Waals surface area contributed by atoms with Crippen LogP contribution in [0.2, 0.25) is 0 Å². The fourth-order valence-electron chi connectivity index (χ4n) is 4.82. The van der Waals surface area contributed by atoms with Crippen molar-refractivity contribution in [3.63, 3.8) is 0 Å². The van der Waals surface area contributed by atoms with Crippen LogP contribution in [0.25, 0.3) is 0 Å². The van der Waals surface area contributed by atoms with E-state index in [1.165, 1.54) is 22.4 Å². The quantitative estimate of drug-likeness (QED) is 0.849. The molecule has 0 bridgehead atoms. The van der Waals surface area contributed by atoms with Gasteiger partial charge in [0.05, 0.1) is 11.6 Å². The molecule has 0 spiro atoms. The monoisotopic (exact) mass is 318 g/mol. The zero-order valence-corrected chi connectivity index (χ0v) is 13.8. The fourth-order valence-corrected chi connectivity index (χ4v) is 4.82. The second kappa shape index (κ2) is 5.45. The molecule has 0 radical (unpaired) electrons. The topological polar surface area (TPSA) is 23.6 Å². The van der Waals surface area contributed by atoms with Crippen LogP contribution in [0.5, 0.6) is 0 Å². The van der Waals surface area contributed by atoms with Gasteiger partial charge in [-0.3, -0.25) is 9.69 Å².